The Morgan fingerprint density at radius 3 is 2.25 bits per heavy atom. The molecular formula is C7H15NO3S. The van der Waals surface area contributed by atoms with E-state index in [1.807, 2.05) is 0 Å². The van der Waals surface area contributed by atoms with Crippen molar-refractivity contribution in [2.24, 2.45) is 0 Å². The summed E-state index contributed by atoms with van der Waals surface area (Å²) in [5.41, 5.74) is 0. The van der Waals surface area contributed by atoms with E-state index < -0.39 is 9.84 Å². The van der Waals surface area contributed by atoms with Crippen LogP contribution in [0.15, 0.2) is 0 Å². The lowest BCUT2D eigenvalue weighted by Crippen LogP contribution is -2.29. The van der Waals surface area contributed by atoms with Crippen molar-refractivity contribution in [3.05, 3.63) is 0 Å². The summed E-state index contributed by atoms with van der Waals surface area (Å²) in [7, 11) is -3.01. The first-order chi connectivity index (χ1) is 5.36. The van der Waals surface area contributed by atoms with Crippen molar-refractivity contribution in [3.63, 3.8) is 0 Å². The summed E-state index contributed by atoms with van der Waals surface area (Å²) >= 11 is 0. The molecule has 0 aliphatic carbocycles. The molecule has 0 radical (unpaired) electrons. The zero-order chi connectivity index (χ0) is 9.78. The fourth-order valence-corrected chi connectivity index (χ4v) is 1.46. The van der Waals surface area contributed by atoms with Gasteiger partial charge in [-0.3, -0.25) is 4.79 Å². The van der Waals surface area contributed by atoms with Gasteiger partial charge in [-0.15, -0.1) is 0 Å². The monoisotopic (exact) mass is 193 g/mol. The van der Waals surface area contributed by atoms with Gasteiger partial charge in [-0.05, 0) is 13.8 Å². The molecule has 1 N–H and O–H groups in total. The fourth-order valence-electron chi connectivity index (χ4n) is 0.605. The Balaban J connectivity index is 3.86. The number of sulfone groups is 1. The van der Waals surface area contributed by atoms with Gasteiger partial charge in [0.2, 0.25) is 5.91 Å². The number of nitrogens with one attached hydrogen (secondary N) is 1. The summed E-state index contributed by atoms with van der Waals surface area (Å²) in [5, 5.41) is 2.07. The van der Waals surface area contributed by atoms with E-state index >= 15 is 0 Å². The van der Waals surface area contributed by atoms with Crippen LogP contribution in [-0.2, 0) is 14.6 Å². The zero-order valence-electron chi connectivity index (χ0n) is 7.62. The van der Waals surface area contributed by atoms with Crippen LogP contribution in [0.4, 0.5) is 0 Å². The maximum Gasteiger partial charge on any atom is 0.216 e. The van der Waals surface area contributed by atoms with Gasteiger partial charge < -0.3 is 5.32 Å². The van der Waals surface area contributed by atoms with Crippen molar-refractivity contribution in [1.29, 1.82) is 0 Å². The van der Waals surface area contributed by atoms with E-state index in [9.17, 15) is 13.2 Å². The van der Waals surface area contributed by atoms with Crippen molar-refractivity contribution in [2.75, 3.05) is 12.3 Å². The Morgan fingerprint density at radius 2 is 1.92 bits per heavy atom. The molecule has 1 amide bonds. The molecule has 0 fully saturated rings. The van der Waals surface area contributed by atoms with Gasteiger partial charge in [0, 0.05) is 13.5 Å². The van der Waals surface area contributed by atoms with Crippen LogP contribution in [0.1, 0.15) is 20.8 Å². The van der Waals surface area contributed by atoms with Gasteiger partial charge in [0.25, 0.3) is 0 Å². The quantitative estimate of drug-likeness (QED) is 0.680. The molecule has 0 unspecified atom stereocenters. The Kier molecular flexibility index (Phi) is 4.23. The molecule has 5 heteroatoms. The molecule has 0 aromatic heterocycles. The first-order valence-corrected chi connectivity index (χ1v) is 5.54. The summed E-state index contributed by atoms with van der Waals surface area (Å²) < 4.78 is 22.3. The number of carbonyl (C=O) groups excluding carboxylic acids is 1. The van der Waals surface area contributed by atoms with Crippen molar-refractivity contribution in [1.82, 2.24) is 5.32 Å². The molecule has 0 spiro atoms. The standard InChI is InChI=1S/C7H15NO3S/c1-6(2)12(10,11)5-4-8-7(3)9/h6H,4-5H2,1-3H3,(H,8,9). The third-order valence-electron chi connectivity index (χ3n) is 1.48. The highest BCUT2D eigenvalue weighted by Crippen LogP contribution is 1.98. The lowest BCUT2D eigenvalue weighted by Gasteiger charge is -2.06. The van der Waals surface area contributed by atoms with Crippen LogP contribution < -0.4 is 5.32 Å². The minimum absolute atomic E-state index is 0.0181. The van der Waals surface area contributed by atoms with Gasteiger partial charge in [0.15, 0.2) is 9.84 Å². The minimum atomic E-state index is -3.01. The molecule has 12 heavy (non-hydrogen) atoms. The van der Waals surface area contributed by atoms with Crippen LogP contribution in [-0.4, -0.2) is 31.9 Å². The van der Waals surface area contributed by atoms with E-state index in [0.717, 1.165) is 0 Å². The summed E-state index contributed by atoms with van der Waals surface area (Å²) in [5.74, 6) is -0.182. The number of amides is 1. The highest BCUT2D eigenvalue weighted by Gasteiger charge is 2.14. The molecule has 0 aromatic rings. The second-order valence-electron chi connectivity index (χ2n) is 2.90. The van der Waals surface area contributed by atoms with Crippen LogP contribution in [0.2, 0.25) is 0 Å². The van der Waals surface area contributed by atoms with E-state index in [1.165, 1.54) is 6.92 Å². The smallest absolute Gasteiger partial charge is 0.216 e. The molecule has 0 saturated heterocycles. The summed E-state index contributed by atoms with van der Waals surface area (Å²) in [6, 6.07) is 0. The van der Waals surface area contributed by atoms with Gasteiger partial charge in [-0.25, -0.2) is 8.42 Å². The highest BCUT2D eigenvalue weighted by atomic mass is 32.2. The number of hydrogen-bond acceptors (Lipinski definition) is 3. The normalized spacial score (nSPS) is 11.7. The fraction of sp³-hybridized carbons (Fsp3) is 0.857. The number of rotatable bonds is 4. The van der Waals surface area contributed by atoms with Crippen molar-refractivity contribution < 1.29 is 13.2 Å². The van der Waals surface area contributed by atoms with Crippen molar-refractivity contribution >= 4 is 15.7 Å². The van der Waals surface area contributed by atoms with Crippen molar-refractivity contribution in [3.8, 4) is 0 Å². The third-order valence-corrected chi connectivity index (χ3v) is 3.69. The van der Waals surface area contributed by atoms with E-state index in [-0.39, 0.29) is 23.5 Å². The second-order valence-corrected chi connectivity index (χ2v) is 5.58. The van der Waals surface area contributed by atoms with Crippen LogP contribution >= 0.6 is 0 Å². The molecule has 4 nitrogen and oxygen atoms in total. The first-order valence-electron chi connectivity index (χ1n) is 3.82. The molecule has 0 rings (SSSR count). The molecular weight excluding hydrogens is 178 g/mol. The summed E-state index contributed by atoms with van der Waals surface area (Å²) in [6.45, 7) is 4.82. The zero-order valence-corrected chi connectivity index (χ0v) is 8.44. The third kappa shape index (κ3) is 4.33. The topological polar surface area (TPSA) is 63.2 Å². The minimum Gasteiger partial charge on any atom is -0.355 e. The summed E-state index contributed by atoms with van der Waals surface area (Å²) in [4.78, 5) is 10.4. The summed E-state index contributed by atoms with van der Waals surface area (Å²) in [6.07, 6.45) is 0. The van der Waals surface area contributed by atoms with Gasteiger partial charge in [-0.1, -0.05) is 0 Å². The highest BCUT2D eigenvalue weighted by molar-refractivity contribution is 7.92. The van der Waals surface area contributed by atoms with Crippen molar-refractivity contribution in [2.45, 2.75) is 26.0 Å². The molecule has 0 heterocycles. The van der Waals surface area contributed by atoms with Crippen LogP contribution in [0, 0.1) is 0 Å². The van der Waals surface area contributed by atoms with Gasteiger partial charge in [0.1, 0.15) is 0 Å². The van der Waals surface area contributed by atoms with Gasteiger partial charge in [0.05, 0.1) is 11.0 Å². The molecule has 0 saturated carbocycles. The maximum absolute atomic E-state index is 11.2. The molecule has 0 aliphatic rings. The molecule has 0 aliphatic heterocycles. The van der Waals surface area contributed by atoms with Crippen LogP contribution in [0.5, 0.6) is 0 Å². The SMILES string of the molecule is CC(=O)NCCS(=O)(=O)C(C)C. The Labute approximate surface area is 73.3 Å². The lowest BCUT2D eigenvalue weighted by atomic mass is 10.6. The predicted octanol–water partition coefficient (Wildman–Crippen LogP) is -0.0543. The van der Waals surface area contributed by atoms with E-state index in [2.05, 4.69) is 5.32 Å². The Bertz CT molecular complexity index is 243. The molecule has 72 valence electrons. The number of hydrogen-bond donors (Lipinski definition) is 1. The Morgan fingerprint density at radius 1 is 1.42 bits per heavy atom. The van der Waals surface area contributed by atoms with E-state index in [4.69, 9.17) is 0 Å². The average Bonchev–Trinajstić information content (AvgIpc) is 1.85. The molecule has 0 aromatic carbocycles. The van der Waals surface area contributed by atoms with E-state index in [1.54, 1.807) is 13.8 Å². The second kappa shape index (κ2) is 4.45. The average molecular weight is 193 g/mol. The van der Waals surface area contributed by atoms with E-state index in [0.29, 0.717) is 0 Å². The number of carbonyl (C=O) groups is 1. The largest absolute Gasteiger partial charge is 0.355 e. The van der Waals surface area contributed by atoms with Gasteiger partial charge >= 0.3 is 0 Å². The predicted molar refractivity (Wildman–Crippen MR) is 47.6 cm³/mol. The van der Waals surface area contributed by atoms with Crippen LogP contribution in [0.25, 0.3) is 0 Å². The van der Waals surface area contributed by atoms with Gasteiger partial charge in [-0.2, -0.15) is 0 Å². The molecule has 0 bridgehead atoms. The lowest BCUT2D eigenvalue weighted by molar-refractivity contribution is -0.118. The van der Waals surface area contributed by atoms with Crippen LogP contribution in [0.3, 0.4) is 0 Å². The maximum atomic E-state index is 11.2. The first kappa shape index (κ1) is 11.4. The Hall–Kier alpha value is -0.580. The molecule has 0 atom stereocenters.